The van der Waals surface area contributed by atoms with Crippen molar-refractivity contribution in [2.75, 3.05) is 6.61 Å². The lowest BCUT2D eigenvalue weighted by atomic mass is 9.84. The Hall–Kier alpha value is -1.69. The van der Waals surface area contributed by atoms with Gasteiger partial charge in [0.05, 0.1) is 12.2 Å². The van der Waals surface area contributed by atoms with E-state index in [1.807, 2.05) is 20.8 Å². The van der Waals surface area contributed by atoms with Crippen molar-refractivity contribution in [2.45, 2.75) is 84.2 Å². The van der Waals surface area contributed by atoms with E-state index in [9.17, 15) is 14.4 Å². The number of Topliss-reactive ketones (excluding diaryl/α,β-unsaturated/α-hetero) is 1. The molecule has 1 heterocycles. The standard InChI is InChI=1S/C24H32O5S/c1-24(2,3)29-21(26)11-15-6-9-19-17(10-15)22(23(27)28-13-14-4-5-14)20(30-19)12-18(25)16-7-8-16/h14-16H,4-13H2,1-3H3. The first-order valence-corrected chi connectivity index (χ1v) is 12.1. The highest BCUT2D eigenvalue weighted by Gasteiger charge is 2.35. The summed E-state index contributed by atoms with van der Waals surface area (Å²) in [7, 11) is 0. The first kappa shape index (κ1) is 21.5. The summed E-state index contributed by atoms with van der Waals surface area (Å²) in [6.07, 6.45) is 7.32. The van der Waals surface area contributed by atoms with Gasteiger partial charge in [0.25, 0.3) is 0 Å². The van der Waals surface area contributed by atoms with Crippen molar-refractivity contribution in [3.63, 3.8) is 0 Å². The number of rotatable bonds is 8. The molecule has 30 heavy (non-hydrogen) atoms. The number of carbonyl (C=O) groups is 3. The Kier molecular flexibility index (Phi) is 6.06. The number of hydrogen-bond acceptors (Lipinski definition) is 6. The number of thiophene rings is 1. The van der Waals surface area contributed by atoms with E-state index in [1.54, 1.807) is 11.3 Å². The number of aryl methyl sites for hydroxylation is 1. The Morgan fingerprint density at radius 3 is 2.40 bits per heavy atom. The maximum atomic E-state index is 13.0. The van der Waals surface area contributed by atoms with Crippen LogP contribution in [0.5, 0.6) is 0 Å². The molecule has 2 fully saturated rings. The maximum absolute atomic E-state index is 13.0. The third-order valence-corrected chi connectivity index (χ3v) is 7.32. The number of ketones is 1. The molecule has 0 bridgehead atoms. The van der Waals surface area contributed by atoms with E-state index >= 15 is 0 Å². The Morgan fingerprint density at radius 2 is 1.77 bits per heavy atom. The van der Waals surface area contributed by atoms with Crippen molar-refractivity contribution in [3.8, 4) is 0 Å². The molecular weight excluding hydrogens is 400 g/mol. The molecule has 5 nitrogen and oxygen atoms in total. The fraction of sp³-hybridized carbons (Fsp3) is 0.708. The minimum Gasteiger partial charge on any atom is -0.462 e. The van der Waals surface area contributed by atoms with Gasteiger partial charge < -0.3 is 9.47 Å². The molecule has 1 aromatic rings. The molecule has 0 spiro atoms. The van der Waals surface area contributed by atoms with Crippen LogP contribution in [0.2, 0.25) is 0 Å². The second-order valence-electron chi connectivity index (χ2n) is 10.2. The Bertz CT molecular complexity index is 839. The summed E-state index contributed by atoms with van der Waals surface area (Å²) in [6, 6.07) is 0. The minimum atomic E-state index is -0.493. The van der Waals surface area contributed by atoms with Gasteiger partial charge in [-0.05, 0) is 83.1 Å². The van der Waals surface area contributed by atoms with Crippen LogP contribution in [0.4, 0.5) is 0 Å². The van der Waals surface area contributed by atoms with Crippen LogP contribution >= 0.6 is 11.3 Å². The van der Waals surface area contributed by atoms with E-state index in [0.717, 1.165) is 49.0 Å². The summed E-state index contributed by atoms with van der Waals surface area (Å²) < 4.78 is 11.1. The summed E-state index contributed by atoms with van der Waals surface area (Å²) in [5.41, 5.74) is 1.14. The van der Waals surface area contributed by atoms with Gasteiger partial charge in [-0.3, -0.25) is 9.59 Å². The van der Waals surface area contributed by atoms with Gasteiger partial charge in [0.2, 0.25) is 0 Å². The molecule has 3 aliphatic carbocycles. The minimum absolute atomic E-state index is 0.156. The molecule has 0 N–H and O–H groups in total. The lowest BCUT2D eigenvalue weighted by Crippen LogP contribution is -2.27. The highest BCUT2D eigenvalue weighted by Crippen LogP contribution is 2.40. The Morgan fingerprint density at radius 1 is 1.03 bits per heavy atom. The predicted molar refractivity (Wildman–Crippen MR) is 115 cm³/mol. The zero-order valence-electron chi connectivity index (χ0n) is 18.3. The highest BCUT2D eigenvalue weighted by atomic mass is 32.1. The van der Waals surface area contributed by atoms with Gasteiger partial charge >= 0.3 is 11.9 Å². The van der Waals surface area contributed by atoms with Crippen molar-refractivity contribution < 1.29 is 23.9 Å². The molecule has 1 atom stereocenters. The first-order chi connectivity index (χ1) is 14.2. The molecular formula is C24H32O5S. The van der Waals surface area contributed by atoms with E-state index in [-0.39, 0.29) is 29.6 Å². The SMILES string of the molecule is CC(C)(C)OC(=O)CC1CCc2sc(CC(=O)C3CC3)c(C(=O)OCC3CC3)c2C1. The lowest BCUT2D eigenvalue weighted by Gasteiger charge is -2.25. The second-order valence-corrected chi connectivity index (χ2v) is 11.4. The molecule has 6 heteroatoms. The molecule has 0 saturated heterocycles. The lowest BCUT2D eigenvalue weighted by molar-refractivity contribution is -0.156. The first-order valence-electron chi connectivity index (χ1n) is 11.2. The Balaban J connectivity index is 1.51. The van der Waals surface area contributed by atoms with Crippen molar-refractivity contribution >= 4 is 29.1 Å². The van der Waals surface area contributed by atoms with Crippen LogP contribution < -0.4 is 0 Å². The van der Waals surface area contributed by atoms with E-state index in [1.165, 1.54) is 4.88 Å². The highest BCUT2D eigenvalue weighted by molar-refractivity contribution is 7.12. The van der Waals surface area contributed by atoms with Crippen LogP contribution in [-0.2, 0) is 38.3 Å². The summed E-state index contributed by atoms with van der Waals surface area (Å²) in [5.74, 6) is 0.613. The molecule has 164 valence electrons. The molecule has 4 rings (SSSR count). The van der Waals surface area contributed by atoms with Gasteiger partial charge in [0.15, 0.2) is 0 Å². The third kappa shape index (κ3) is 5.51. The van der Waals surface area contributed by atoms with Crippen molar-refractivity contribution in [1.29, 1.82) is 0 Å². The van der Waals surface area contributed by atoms with Crippen molar-refractivity contribution in [3.05, 3.63) is 20.9 Å². The number of ether oxygens (including phenoxy) is 2. The van der Waals surface area contributed by atoms with E-state index in [4.69, 9.17) is 9.47 Å². The molecule has 0 aromatic carbocycles. The molecule has 1 aromatic heterocycles. The predicted octanol–water partition coefficient (Wildman–Crippen LogP) is 4.67. The summed E-state index contributed by atoms with van der Waals surface area (Å²) in [6.45, 7) is 6.10. The second kappa shape index (κ2) is 8.45. The van der Waals surface area contributed by atoms with Gasteiger partial charge in [-0.2, -0.15) is 0 Å². The molecule has 3 aliphatic rings. The molecule has 1 unspecified atom stereocenters. The van der Waals surface area contributed by atoms with Gasteiger partial charge in [0.1, 0.15) is 11.4 Å². The van der Waals surface area contributed by atoms with Gasteiger partial charge in [-0.15, -0.1) is 11.3 Å². The number of fused-ring (bicyclic) bond motifs is 1. The van der Waals surface area contributed by atoms with Gasteiger partial charge in [-0.1, -0.05) is 0 Å². The zero-order valence-corrected chi connectivity index (χ0v) is 19.1. The average Bonchev–Trinajstić information content (AvgIpc) is 3.55. The maximum Gasteiger partial charge on any atom is 0.339 e. The molecule has 0 amide bonds. The molecule has 0 aliphatic heterocycles. The van der Waals surface area contributed by atoms with E-state index in [0.29, 0.717) is 37.4 Å². The summed E-state index contributed by atoms with van der Waals surface area (Å²) in [4.78, 5) is 39.8. The normalized spacial score (nSPS) is 21.1. The van der Waals surface area contributed by atoms with Crippen LogP contribution in [0, 0.1) is 17.8 Å². The van der Waals surface area contributed by atoms with Crippen LogP contribution in [0.1, 0.15) is 85.0 Å². The average molecular weight is 433 g/mol. The Labute approximate surface area is 182 Å². The number of carbonyl (C=O) groups excluding carboxylic acids is 3. The van der Waals surface area contributed by atoms with E-state index < -0.39 is 5.60 Å². The van der Waals surface area contributed by atoms with Crippen LogP contribution in [0.25, 0.3) is 0 Å². The summed E-state index contributed by atoms with van der Waals surface area (Å²) in [5, 5.41) is 0. The third-order valence-electron chi connectivity index (χ3n) is 6.03. The number of esters is 2. The van der Waals surface area contributed by atoms with Crippen LogP contribution in [0.3, 0.4) is 0 Å². The number of hydrogen-bond donors (Lipinski definition) is 0. The van der Waals surface area contributed by atoms with Gasteiger partial charge in [-0.25, -0.2) is 4.79 Å². The fourth-order valence-electron chi connectivity index (χ4n) is 4.13. The molecule has 0 radical (unpaired) electrons. The smallest absolute Gasteiger partial charge is 0.339 e. The quantitative estimate of drug-likeness (QED) is 0.558. The van der Waals surface area contributed by atoms with Gasteiger partial charge in [0, 0.05) is 28.5 Å². The zero-order chi connectivity index (χ0) is 21.5. The fourth-order valence-corrected chi connectivity index (χ4v) is 5.47. The molecule has 2 saturated carbocycles. The topological polar surface area (TPSA) is 69.7 Å². The van der Waals surface area contributed by atoms with Crippen LogP contribution in [0.15, 0.2) is 0 Å². The largest absolute Gasteiger partial charge is 0.462 e. The van der Waals surface area contributed by atoms with Crippen molar-refractivity contribution in [2.24, 2.45) is 17.8 Å². The summed E-state index contributed by atoms with van der Waals surface area (Å²) >= 11 is 1.61. The van der Waals surface area contributed by atoms with Crippen molar-refractivity contribution in [1.82, 2.24) is 0 Å². The van der Waals surface area contributed by atoms with E-state index in [2.05, 4.69) is 0 Å². The van der Waals surface area contributed by atoms with Crippen LogP contribution in [-0.4, -0.2) is 29.9 Å². The monoisotopic (exact) mass is 432 g/mol.